The summed E-state index contributed by atoms with van der Waals surface area (Å²) in [6, 6.07) is 5.99. The van der Waals surface area contributed by atoms with E-state index in [1.54, 1.807) is 7.11 Å². The third-order valence-electron chi connectivity index (χ3n) is 4.38. The fourth-order valence-electron chi connectivity index (χ4n) is 2.98. The summed E-state index contributed by atoms with van der Waals surface area (Å²) in [6.07, 6.45) is 2.07. The number of piperidine rings is 1. The highest BCUT2D eigenvalue weighted by Crippen LogP contribution is 2.28. The number of amides is 1. The van der Waals surface area contributed by atoms with E-state index in [9.17, 15) is 4.79 Å². The summed E-state index contributed by atoms with van der Waals surface area (Å²) in [5, 5.41) is 6.48. The SMILES string of the molecule is COCC1(CNC(=O)c2cc(C)ccc2C)CCNCC1.Cl. The zero-order valence-corrected chi connectivity index (χ0v) is 14.5. The van der Waals surface area contributed by atoms with Crippen molar-refractivity contribution in [3.05, 3.63) is 34.9 Å². The van der Waals surface area contributed by atoms with Crippen LogP contribution in [0.15, 0.2) is 18.2 Å². The fraction of sp³-hybridized carbons (Fsp3) is 0.588. The molecule has 0 spiro atoms. The molecule has 1 amide bonds. The van der Waals surface area contributed by atoms with Crippen LogP contribution in [0.5, 0.6) is 0 Å². The van der Waals surface area contributed by atoms with Crippen molar-refractivity contribution in [2.24, 2.45) is 5.41 Å². The van der Waals surface area contributed by atoms with Crippen LogP contribution in [0.4, 0.5) is 0 Å². The van der Waals surface area contributed by atoms with Gasteiger partial charge in [0, 0.05) is 24.6 Å². The monoisotopic (exact) mass is 326 g/mol. The van der Waals surface area contributed by atoms with Gasteiger partial charge in [0.15, 0.2) is 0 Å². The lowest BCUT2D eigenvalue weighted by Crippen LogP contribution is -2.47. The molecule has 0 aliphatic carbocycles. The van der Waals surface area contributed by atoms with Crippen LogP contribution >= 0.6 is 12.4 Å². The van der Waals surface area contributed by atoms with Crippen molar-refractivity contribution in [1.29, 1.82) is 0 Å². The van der Waals surface area contributed by atoms with Crippen LogP contribution in [0.2, 0.25) is 0 Å². The van der Waals surface area contributed by atoms with Crippen LogP contribution < -0.4 is 10.6 Å². The molecule has 0 radical (unpaired) electrons. The average Bonchev–Trinajstić information content (AvgIpc) is 2.49. The maximum atomic E-state index is 12.4. The first-order valence-corrected chi connectivity index (χ1v) is 7.61. The summed E-state index contributed by atoms with van der Waals surface area (Å²) >= 11 is 0. The highest BCUT2D eigenvalue weighted by molar-refractivity contribution is 5.95. The van der Waals surface area contributed by atoms with Gasteiger partial charge in [0.05, 0.1) is 6.61 Å². The Morgan fingerprint density at radius 1 is 1.32 bits per heavy atom. The Morgan fingerprint density at radius 2 is 2.00 bits per heavy atom. The van der Waals surface area contributed by atoms with Gasteiger partial charge >= 0.3 is 0 Å². The van der Waals surface area contributed by atoms with Crippen molar-refractivity contribution in [3.63, 3.8) is 0 Å². The van der Waals surface area contributed by atoms with Gasteiger partial charge < -0.3 is 15.4 Å². The largest absolute Gasteiger partial charge is 0.384 e. The Hall–Kier alpha value is -1.10. The number of aryl methyl sites for hydroxylation is 2. The van der Waals surface area contributed by atoms with Gasteiger partial charge in [-0.25, -0.2) is 0 Å². The summed E-state index contributed by atoms with van der Waals surface area (Å²) in [4.78, 5) is 12.4. The highest BCUT2D eigenvalue weighted by Gasteiger charge is 2.32. The Kier molecular flexibility index (Phi) is 7.33. The number of rotatable bonds is 5. The Morgan fingerprint density at radius 3 is 2.64 bits per heavy atom. The number of hydrogen-bond donors (Lipinski definition) is 2. The third-order valence-corrected chi connectivity index (χ3v) is 4.38. The Labute approximate surface area is 139 Å². The van der Waals surface area contributed by atoms with E-state index >= 15 is 0 Å². The van der Waals surface area contributed by atoms with Crippen LogP contribution in [0.25, 0.3) is 0 Å². The number of carbonyl (C=O) groups is 1. The quantitative estimate of drug-likeness (QED) is 0.874. The van der Waals surface area contributed by atoms with Crippen molar-refractivity contribution in [2.45, 2.75) is 26.7 Å². The van der Waals surface area contributed by atoms with Crippen molar-refractivity contribution in [2.75, 3.05) is 33.4 Å². The van der Waals surface area contributed by atoms with Gasteiger partial charge in [-0.05, 0) is 51.4 Å². The predicted octanol–water partition coefficient (Wildman–Crippen LogP) is 2.47. The number of carbonyl (C=O) groups excluding carboxylic acids is 1. The first-order valence-electron chi connectivity index (χ1n) is 7.61. The van der Waals surface area contributed by atoms with Gasteiger partial charge in [-0.15, -0.1) is 12.4 Å². The molecule has 1 heterocycles. The van der Waals surface area contributed by atoms with E-state index in [0.29, 0.717) is 13.2 Å². The summed E-state index contributed by atoms with van der Waals surface area (Å²) < 4.78 is 5.39. The molecular weight excluding hydrogens is 300 g/mol. The molecule has 5 heteroatoms. The molecule has 1 aromatic carbocycles. The van der Waals surface area contributed by atoms with Gasteiger partial charge in [-0.3, -0.25) is 4.79 Å². The molecule has 2 rings (SSSR count). The van der Waals surface area contributed by atoms with Crippen LogP contribution in [0.3, 0.4) is 0 Å². The van der Waals surface area contributed by atoms with Crippen LogP contribution in [0, 0.1) is 19.3 Å². The minimum Gasteiger partial charge on any atom is -0.384 e. The molecule has 124 valence electrons. The van der Waals surface area contributed by atoms with E-state index < -0.39 is 0 Å². The molecule has 0 aromatic heterocycles. The summed E-state index contributed by atoms with van der Waals surface area (Å²) in [5.41, 5.74) is 2.97. The molecule has 1 aliphatic heterocycles. The fourth-order valence-corrected chi connectivity index (χ4v) is 2.98. The first kappa shape index (κ1) is 18.9. The first-order chi connectivity index (χ1) is 10.1. The lowest BCUT2D eigenvalue weighted by Gasteiger charge is -2.37. The average molecular weight is 327 g/mol. The third kappa shape index (κ3) is 4.70. The van der Waals surface area contributed by atoms with Crippen LogP contribution in [-0.2, 0) is 4.74 Å². The second-order valence-corrected chi connectivity index (χ2v) is 6.18. The molecule has 1 saturated heterocycles. The van der Waals surface area contributed by atoms with Crippen molar-refractivity contribution in [1.82, 2.24) is 10.6 Å². The van der Waals surface area contributed by atoms with Crippen molar-refractivity contribution >= 4 is 18.3 Å². The maximum Gasteiger partial charge on any atom is 0.251 e. The van der Waals surface area contributed by atoms with E-state index in [2.05, 4.69) is 10.6 Å². The minimum atomic E-state index is 0. The zero-order chi connectivity index (χ0) is 15.3. The summed E-state index contributed by atoms with van der Waals surface area (Å²) in [6.45, 7) is 7.33. The van der Waals surface area contributed by atoms with E-state index in [1.807, 2.05) is 32.0 Å². The molecule has 0 atom stereocenters. The molecule has 1 fully saturated rings. The smallest absolute Gasteiger partial charge is 0.251 e. The molecule has 4 nitrogen and oxygen atoms in total. The standard InChI is InChI=1S/C17H26N2O2.ClH/c1-13-4-5-14(2)15(10-13)16(20)19-11-17(12-21-3)6-8-18-9-7-17;/h4-5,10,18H,6-9,11-12H2,1-3H3,(H,19,20);1H. The number of hydrogen-bond acceptors (Lipinski definition) is 3. The number of methoxy groups -OCH3 is 1. The number of benzene rings is 1. The van der Waals surface area contributed by atoms with E-state index in [-0.39, 0.29) is 23.7 Å². The van der Waals surface area contributed by atoms with Crippen molar-refractivity contribution in [3.8, 4) is 0 Å². The topological polar surface area (TPSA) is 50.4 Å². The summed E-state index contributed by atoms with van der Waals surface area (Å²) in [5.74, 6) is 0.0187. The van der Waals surface area contributed by atoms with Crippen LogP contribution in [-0.4, -0.2) is 39.3 Å². The van der Waals surface area contributed by atoms with Crippen LogP contribution in [0.1, 0.15) is 34.3 Å². The molecule has 1 aromatic rings. The van der Waals surface area contributed by atoms with Gasteiger partial charge in [0.2, 0.25) is 0 Å². The number of halogens is 1. The highest BCUT2D eigenvalue weighted by atomic mass is 35.5. The van der Waals surface area contributed by atoms with Gasteiger partial charge in [0.1, 0.15) is 0 Å². The van der Waals surface area contributed by atoms with E-state index in [4.69, 9.17) is 4.74 Å². The second kappa shape index (κ2) is 8.51. The van der Waals surface area contributed by atoms with Crippen molar-refractivity contribution < 1.29 is 9.53 Å². The number of ether oxygens (including phenoxy) is 1. The van der Waals surface area contributed by atoms with Gasteiger partial charge in [-0.2, -0.15) is 0 Å². The van der Waals surface area contributed by atoms with Gasteiger partial charge in [-0.1, -0.05) is 17.7 Å². The summed E-state index contributed by atoms with van der Waals surface area (Å²) in [7, 11) is 1.73. The number of nitrogens with one attached hydrogen (secondary N) is 2. The molecule has 0 bridgehead atoms. The maximum absolute atomic E-state index is 12.4. The molecule has 1 aliphatic rings. The normalized spacial score (nSPS) is 16.7. The van der Waals surface area contributed by atoms with Gasteiger partial charge in [0.25, 0.3) is 5.91 Å². The second-order valence-electron chi connectivity index (χ2n) is 6.18. The molecule has 0 saturated carbocycles. The lowest BCUT2D eigenvalue weighted by atomic mass is 9.79. The lowest BCUT2D eigenvalue weighted by molar-refractivity contribution is 0.0511. The molecule has 2 N–H and O–H groups in total. The predicted molar refractivity (Wildman–Crippen MR) is 91.9 cm³/mol. The zero-order valence-electron chi connectivity index (χ0n) is 13.7. The molecule has 22 heavy (non-hydrogen) atoms. The van der Waals surface area contributed by atoms with E-state index in [0.717, 1.165) is 42.6 Å². The Balaban J connectivity index is 0.00000242. The minimum absolute atomic E-state index is 0. The molecule has 0 unspecified atom stereocenters. The Bertz CT molecular complexity index is 494. The van der Waals surface area contributed by atoms with E-state index in [1.165, 1.54) is 0 Å². The molecular formula is C17H27ClN2O2.